The van der Waals surface area contributed by atoms with E-state index in [9.17, 15) is 45.3 Å². The maximum Gasteiger partial charge on any atom is 0.217 e. The van der Waals surface area contributed by atoms with Gasteiger partial charge < -0.3 is 74.8 Å². The van der Waals surface area contributed by atoms with Crippen LogP contribution in [0, 0.1) is 0 Å². The summed E-state index contributed by atoms with van der Waals surface area (Å²) >= 11 is 0. The van der Waals surface area contributed by atoms with Gasteiger partial charge in [0.15, 0.2) is 18.9 Å². The number of rotatable bonds is 9. The van der Waals surface area contributed by atoms with E-state index in [1.807, 2.05) is 0 Å². The molecule has 17 nitrogen and oxygen atoms in total. The minimum absolute atomic E-state index is 0.461. The first-order valence-corrected chi connectivity index (χ1v) is 12.8. The lowest BCUT2D eigenvalue weighted by atomic mass is 9.94. The van der Waals surface area contributed by atoms with Crippen molar-refractivity contribution in [3.63, 3.8) is 0 Å². The standard InChI is InChI=1S/C23H40N2O15/c1-7-14(29)18(33)19(34)23(37-7)36-6-11-20(17(32)13(25-9(3)28)21(35-4)39-11)40-22-12(24-8(2)27)16(31)15(30)10(5-26)38-22/h7,10-23,26,29-34H,5-6H2,1-4H3,(H,24,27)(H,25,28)/t7-,10+,11+,12+,13+,14+,15+,16+,17+,18+,19-,20+,21+,22-,23+/m0/s1. The fraction of sp³-hybridized carbons (Fsp3) is 0.913. The molecule has 17 heteroatoms. The van der Waals surface area contributed by atoms with Crippen LogP contribution in [0.2, 0.25) is 0 Å². The van der Waals surface area contributed by atoms with E-state index >= 15 is 0 Å². The third-order valence-electron chi connectivity index (χ3n) is 7.05. The lowest BCUT2D eigenvalue weighted by Gasteiger charge is -2.48. The Balaban J connectivity index is 1.87. The van der Waals surface area contributed by atoms with Crippen molar-refractivity contribution >= 4 is 11.8 Å². The lowest BCUT2D eigenvalue weighted by molar-refractivity contribution is -0.342. The largest absolute Gasteiger partial charge is 0.394 e. The normalized spacial score (nSPS) is 46.0. The molecule has 3 aliphatic rings. The highest BCUT2D eigenvalue weighted by atomic mass is 16.7. The summed E-state index contributed by atoms with van der Waals surface area (Å²) in [6.45, 7) is 2.64. The fourth-order valence-electron chi connectivity index (χ4n) is 4.89. The van der Waals surface area contributed by atoms with Crippen molar-refractivity contribution in [2.24, 2.45) is 0 Å². The van der Waals surface area contributed by atoms with E-state index in [1.165, 1.54) is 21.0 Å². The van der Waals surface area contributed by atoms with Gasteiger partial charge in [0, 0.05) is 21.0 Å². The van der Waals surface area contributed by atoms with Gasteiger partial charge >= 0.3 is 0 Å². The molecule has 0 spiro atoms. The smallest absolute Gasteiger partial charge is 0.217 e. The maximum atomic E-state index is 11.8. The molecule has 0 aromatic rings. The Morgan fingerprint density at radius 2 is 1.30 bits per heavy atom. The number of aliphatic hydroxyl groups is 7. The van der Waals surface area contributed by atoms with E-state index in [1.54, 1.807) is 0 Å². The van der Waals surface area contributed by atoms with E-state index in [2.05, 4.69) is 10.6 Å². The third-order valence-corrected chi connectivity index (χ3v) is 7.05. The molecule has 232 valence electrons. The fourth-order valence-corrected chi connectivity index (χ4v) is 4.89. The first-order valence-electron chi connectivity index (χ1n) is 12.8. The molecule has 0 bridgehead atoms. The Labute approximate surface area is 229 Å². The van der Waals surface area contributed by atoms with Crippen molar-refractivity contribution in [1.29, 1.82) is 0 Å². The Hall–Kier alpha value is -1.58. The van der Waals surface area contributed by atoms with Gasteiger partial charge in [0.2, 0.25) is 11.8 Å². The number of amides is 2. The van der Waals surface area contributed by atoms with Crippen LogP contribution >= 0.6 is 0 Å². The summed E-state index contributed by atoms with van der Waals surface area (Å²) in [5, 5.41) is 77.1. The minimum Gasteiger partial charge on any atom is -0.394 e. The molecule has 40 heavy (non-hydrogen) atoms. The molecule has 3 fully saturated rings. The lowest BCUT2D eigenvalue weighted by Crippen LogP contribution is -2.69. The molecule has 0 aliphatic carbocycles. The Bertz CT molecular complexity index is 853. The van der Waals surface area contributed by atoms with Gasteiger partial charge in [0.25, 0.3) is 0 Å². The number of hydrogen-bond acceptors (Lipinski definition) is 15. The number of carbonyl (C=O) groups excluding carboxylic acids is 2. The van der Waals surface area contributed by atoms with Gasteiger partial charge in [0.05, 0.1) is 19.3 Å². The molecule has 3 saturated heterocycles. The van der Waals surface area contributed by atoms with E-state index in [-0.39, 0.29) is 0 Å². The van der Waals surface area contributed by atoms with Crippen molar-refractivity contribution in [3.8, 4) is 0 Å². The quantitative estimate of drug-likeness (QED) is 0.122. The van der Waals surface area contributed by atoms with Crippen LogP contribution in [0.3, 0.4) is 0 Å². The number of aliphatic hydroxyl groups excluding tert-OH is 7. The highest BCUT2D eigenvalue weighted by Gasteiger charge is 2.52. The Morgan fingerprint density at radius 1 is 0.725 bits per heavy atom. The minimum atomic E-state index is -1.64. The van der Waals surface area contributed by atoms with E-state index in [0.717, 1.165) is 6.92 Å². The molecule has 0 unspecified atom stereocenters. The maximum absolute atomic E-state index is 11.8. The van der Waals surface area contributed by atoms with Crippen molar-refractivity contribution in [2.75, 3.05) is 20.3 Å². The molecule has 0 saturated carbocycles. The van der Waals surface area contributed by atoms with Gasteiger partial charge in [-0.25, -0.2) is 0 Å². The second-order valence-electron chi connectivity index (χ2n) is 10.0. The van der Waals surface area contributed by atoms with Crippen LogP contribution in [0.1, 0.15) is 20.8 Å². The van der Waals surface area contributed by atoms with E-state index in [4.69, 9.17) is 28.4 Å². The molecule has 0 radical (unpaired) electrons. The average molecular weight is 585 g/mol. The second kappa shape index (κ2) is 14.1. The highest BCUT2D eigenvalue weighted by molar-refractivity contribution is 5.73. The number of carbonyl (C=O) groups is 2. The summed E-state index contributed by atoms with van der Waals surface area (Å²) in [5.74, 6) is -1.14. The van der Waals surface area contributed by atoms with Crippen molar-refractivity contribution in [2.45, 2.75) is 113 Å². The van der Waals surface area contributed by atoms with Crippen LogP contribution in [0.25, 0.3) is 0 Å². The first-order chi connectivity index (χ1) is 18.8. The molecular formula is C23H40N2O15. The molecule has 0 aromatic heterocycles. The molecule has 3 aliphatic heterocycles. The molecular weight excluding hydrogens is 544 g/mol. The Morgan fingerprint density at radius 3 is 1.85 bits per heavy atom. The van der Waals surface area contributed by atoms with Crippen LogP contribution in [-0.4, -0.2) is 160 Å². The summed E-state index contributed by atoms with van der Waals surface area (Å²) in [7, 11) is 1.26. The molecule has 2 amide bonds. The van der Waals surface area contributed by atoms with Crippen molar-refractivity contribution < 1.29 is 73.8 Å². The Kier molecular flexibility index (Phi) is 11.6. The van der Waals surface area contributed by atoms with Crippen LogP contribution in [0.15, 0.2) is 0 Å². The van der Waals surface area contributed by atoms with Gasteiger partial charge in [-0.15, -0.1) is 0 Å². The number of methoxy groups -OCH3 is 1. The topological polar surface area (TPSA) is 255 Å². The number of hydrogen-bond donors (Lipinski definition) is 9. The summed E-state index contributed by atoms with van der Waals surface area (Å²) in [5.41, 5.74) is 0. The van der Waals surface area contributed by atoms with Crippen LogP contribution < -0.4 is 10.6 Å². The summed E-state index contributed by atoms with van der Waals surface area (Å²) in [6, 6.07) is -2.53. The van der Waals surface area contributed by atoms with E-state index < -0.39 is 117 Å². The van der Waals surface area contributed by atoms with Crippen molar-refractivity contribution in [1.82, 2.24) is 10.6 Å². The molecule has 0 aromatic carbocycles. The number of ether oxygens (including phenoxy) is 6. The van der Waals surface area contributed by atoms with Crippen LogP contribution in [-0.2, 0) is 38.0 Å². The molecule has 3 rings (SSSR count). The zero-order valence-corrected chi connectivity index (χ0v) is 22.5. The average Bonchev–Trinajstić information content (AvgIpc) is 2.90. The molecule has 3 heterocycles. The van der Waals surface area contributed by atoms with Gasteiger partial charge in [0.1, 0.15) is 67.0 Å². The molecule has 15 atom stereocenters. The van der Waals surface area contributed by atoms with Gasteiger partial charge in [-0.1, -0.05) is 0 Å². The van der Waals surface area contributed by atoms with Crippen LogP contribution in [0.4, 0.5) is 0 Å². The summed E-state index contributed by atoms with van der Waals surface area (Å²) in [6.07, 6.45) is -18.5. The summed E-state index contributed by atoms with van der Waals surface area (Å²) in [4.78, 5) is 23.7. The van der Waals surface area contributed by atoms with E-state index in [0.29, 0.717) is 0 Å². The van der Waals surface area contributed by atoms with Crippen molar-refractivity contribution in [3.05, 3.63) is 0 Å². The van der Waals surface area contributed by atoms with Gasteiger partial charge in [-0.3, -0.25) is 9.59 Å². The van der Waals surface area contributed by atoms with Crippen LogP contribution in [0.5, 0.6) is 0 Å². The van der Waals surface area contributed by atoms with Gasteiger partial charge in [-0.05, 0) is 6.92 Å². The monoisotopic (exact) mass is 584 g/mol. The predicted octanol–water partition coefficient (Wildman–Crippen LogP) is -5.60. The SMILES string of the molecule is CO[C@@H]1O[C@H](CO[C@@H]2O[C@@H](C)[C@@H](O)[C@@H](O)[C@@H]2O)[C@@H](O[C@@H]2O[C@H](CO)[C@@H](O)[C@H](O)[C@H]2NC(C)=O)[C@H](O)[C@H]1NC(C)=O. The summed E-state index contributed by atoms with van der Waals surface area (Å²) < 4.78 is 33.8. The zero-order chi connectivity index (χ0) is 29.9. The number of nitrogens with one attached hydrogen (secondary N) is 2. The van der Waals surface area contributed by atoms with Gasteiger partial charge in [-0.2, -0.15) is 0 Å². The highest BCUT2D eigenvalue weighted by Crippen LogP contribution is 2.31. The molecule has 9 N–H and O–H groups in total. The third kappa shape index (κ3) is 7.24. The second-order valence-corrected chi connectivity index (χ2v) is 10.0. The zero-order valence-electron chi connectivity index (χ0n) is 22.5. The first kappa shape index (κ1) is 32.9. The predicted molar refractivity (Wildman–Crippen MR) is 128 cm³/mol.